The fraction of sp³-hybridized carbons (Fsp3) is 0.429. The standard InChI is InChI=1S/C14H16N2O3S/c1-9-2-6-12(7-3-9)20(18,19)16-15-13-10-4-5-11(8-10)14(13)17/h2-3,6-7,10-11,16H,4-5,8H2,1H3/b15-13+. The van der Waals surface area contributed by atoms with Crippen molar-refractivity contribution in [1.82, 2.24) is 4.83 Å². The lowest BCUT2D eigenvalue weighted by Gasteiger charge is -2.11. The molecule has 2 unspecified atom stereocenters. The molecule has 0 saturated heterocycles. The lowest BCUT2D eigenvalue weighted by Crippen LogP contribution is -2.27. The molecule has 2 atom stereocenters. The number of rotatable bonds is 3. The summed E-state index contributed by atoms with van der Waals surface area (Å²) in [4.78, 5) is 14.2. The summed E-state index contributed by atoms with van der Waals surface area (Å²) in [7, 11) is -3.69. The molecule has 6 heteroatoms. The summed E-state index contributed by atoms with van der Waals surface area (Å²) in [5, 5.41) is 3.89. The van der Waals surface area contributed by atoms with Crippen molar-refractivity contribution in [2.75, 3.05) is 0 Å². The number of aryl methyl sites for hydroxylation is 1. The van der Waals surface area contributed by atoms with Gasteiger partial charge in [0.1, 0.15) is 5.71 Å². The van der Waals surface area contributed by atoms with Gasteiger partial charge < -0.3 is 0 Å². The van der Waals surface area contributed by atoms with Crippen LogP contribution in [0.4, 0.5) is 0 Å². The minimum absolute atomic E-state index is 0.00727. The fourth-order valence-corrected chi connectivity index (χ4v) is 3.72. The molecule has 1 aromatic carbocycles. The summed E-state index contributed by atoms with van der Waals surface area (Å²) in [6.45, 7) is 1.89. The maximum atomic E-state index is 12.1. The summed E-state index contributed by atoms with van der Waals surface area (Å²) >= 11 is 0. The van der Waals surface area contributed by atoms with Crippen LogP contribution in [0, 0.1) is 18.8 Å². The second-order valence-corrected chi connectivity index (χ2v) is 7.14. The number of hydrogen-bond donors (Lipinski definition) is 1. The molecule has 106 valence electrons. The Morgan fingerprint density at radius 2 is 1.80 bits per heavy atom. The molecule has 0 spiro atoms. The summed E-state index contributed by atoms with van der Waals surface area (Å²) < 4.78 is 24.2. The molecule has 3 rings (SSSR count). The van der Waals surface area contributed by atoms with Crippen LogP contribution in [0.15, 0.2) is 34.3 Å². The van der Waals surface area contributed by atoms with E-state index in [4.69, 9.17) is 0 Å². The summed E-state index contributed by atoms with van der Waals surface area (Å²) in [5.41, 5.74) is 1.38. The van der Waals surface area contributed by atoms with Crippen molar-refractivity contribution in [3.63, 3.8) is 0 Å². The highest BCUT2D eigenvalue weighted by Gasteiger charge is 2.44. The zero-order valence-corrected chi connectivity index (χ0v) is 12.0. The lowest BCUT2D eigenvalue weighted by molar-refractivity contribution is -0.115. The van der Waals surface area contributed by atoms with Crippen LogP contribution in [-0.4, -0.2) is 19.9 Å². The number of hydrazone groups is 1. The molecule has 2 aliphatic rings. The van der Waals surface area contributed by atoms with Gasteiger partial charge in [-0.2, -0.15) is 18.4 Å². The normalized spacial score (nSPS) is 27.2. The SMILES string of the molecule is Cc1ccc(S(=O)(=O)N/N=C2/C(=O)C3CCC2C3)cc1. The molecule has 0 amide bonds. The van der Waals surface area contributed by atoms with E-state index in [9.17, 15) is 13.2 Å². The van der Waals surface area contributed by atoms with E-state index in [2.05, 4.69) is 9.93 Å². The van der Waals surface area contributed by atoms with Crippen LogP contribution in [0.5, 0.6) is 0 Å². The molecule has 2 fully saturated rings. The summed E-state index contributed by atoms with van der Waals surface area (Å²) in [6.07, 6.45) is 2.67. The molecule has 2 bridgehead atoms. The highest BCUT2D eigenvalue weighted by atomic mass is 32.2. The molecule has 1 N–H and O–H groups in total. The molecular weight excluding hydrogens is 276 g/mol. The lowest BCUT2D eigenvalue weighted by atomic mass is 9.97. The summed E-state index contributed by atoms with van der Waals surface area (Å²) in [5.74, 6) is 0.198. The minimum Gasteiger partial charge on any atom is -0.292 e. The molecular formula is C14H16N2O3S. The van der Waals surface area contributed by atoms with Crippen LogP contribution >= 0.6 is 0 Å². The van der Waals surface area contributed by atoms with Gasteiger partial charge in [-0.25, -0.2) is 0 Å². The number of Topliss-reactive ketones (excluding diaryl/α,β-unsaturated/α-hetero) is 1. The van der Waals surface area contributed by atoms with Gasteiger partial charge in [0.25, 0.3) is 10.0 Å². The largest absolute Gasteiger partial charge is 0.292 e. The third-order valence-corrected chi connectivity index (χ3v) is 5.28. The van der Waals surface area contributed by atoms with E-state index in [-0.39, 0.29) is 22.5 Å². The molecule has 1 aromatic rings. The monoisotopic (exact) mass is 292 g/mol. The summed E-state index contributed by atoms with van der Waals surface area (Å²) in [6, 6.07) is 6.51. The Kier molecular flexibility index (Phi) is 3.12. The van der Waals surface area contributed by atoms with Gasteiger partial charge >= 0.3 is 0 Å². The number of carbonyl (C=O) groups excluding carboxylic acids is 1. The number of nitrogens with zero attached hydrogens (tertiary/aromatic N) is 1. The van der Waals surface area contributed by atoms with E-state index in [0.717, 1.165) is 24.8 Å². The number of hydrogen-bond acceptors (Lipinski definition) is 4. The Labute approximate surface area is 118 Å². The molecule has 2 aliphatic carbocycles. The number of benzene rings is 1. The van der Waals surface area contributed by atoms with Gasteiger partial charge in [-0.3, -0.25) is 4.79 Å². The van der Waals surface area contributed by atoms with Crippen molar-refractivity contribution in [2.45, 2.75) is 31.1 Å². The van der Waals surface area contributed by atoms with Gasteiger partial charge in [0, 0.05) is 11.8 Å². The highest BCUT2D eigenvalue weighted by Crippen LogP contribution is 2.40. The van der Waals surface area contributed by atoms with Crippen molar-refractivity contribution in [1.29, 1.82) is 0 Å². The maximum absolute atomic E-state index is 12.1. The van der Waals surface area contributed by atoms with Gasteiger partial charge in [0.2, 0.25) is 0 Å². The van der Waals surface area contributed by atoms with Crippen LogP contribution in [-0.2, 0) is 14.8 Å². The number of carbonyl (C=O) groups is 1. The molecule has 0 heterocycles. The first kappa shape index (κ1) is 13.3. The van der Waals surface area contributed by atoms with Crippen molar-refractivity contribution in [3.05, 3.63) is 29.8 Å². The van der Waals surface area contributed by atoms with Gasteiger partial charge in [0.15, 0.2) is 5.78 Å². The minimum atomic E-state index is -3.69. The first-order chi connectivity index (χ1) is 9.47. The van der Waals surface area contributed by atoms with Gasteiger partial charge in [-0.1, -0.05) is 17.7 Å². The van der Waals surface area contributed by atoms with Gasteiger partial charge in [-0.05, 0) is 38.3 Å². The zero-order chi connectivity index (χ0) is 14.3. The second kappa shape index (κ2) is 4.70. The second-order valence-electron chi connectivity index (χ2n) is 5.48. The third kappa shape index (κ3) is 2.24. The quantitative estimate of drug-likeness (QED) is 0.860. The number of nitrogens with one attached hydrogen (secondary N) is 1. The first-order valence-corrected chi connectivity index (χ1v) is 8.16. The van der Waals surface area contributed by atoms with E-state index in [0.29, 0.717) is 5.71 Å². The highest BCUT2D eigenvalue weighted by molar-refractivity contribution is 7.89. The predicted octanol–water partition coefficient (Wildman–Crippen LogP) is 1.63. The van der Waals surface area contributed by atoms with Crippen molar-refractivity contribution in [2.24, 2.45) is 16.9 Å². The van der Waals surface area contributed by atoms with Crippen molar-refractivity contribution in [3.8, 4) is 0 Å². The van der Waals surface area contributed by atoms with Crippen LogP contribution in [0.2, 0.25) is 0 Å². The Bertz CT molecular complexity index is 677. The number of sulfonamides is 1. The van der Waals surface area contributed by atoms with E-state index in [1.807, 2.05) is 6.92 Å². The molecule has 20 heavy (non-hydrogen) atoms. The topological polar surface area (TPSA) is 75.6 Å². The van der Waals surface area contributed by atoms with Gasteiger partial charge in [0.05, 0.1) is 4.90 Å². The van der Waals surface area contributed by atoms with Crippen LogP contribution in [0.1, 0.15) is 24.8 Å². The molecule has 2 saturated carbocycles. The van der Waals surface area contributed by atoms with E-state index in [1.165, 1.54) is 12.1 Å². The van der Waals surface area contributed by atoms with Crippen LogP contribution in [0.3, 0.4) is 0 Å². The van der Waals surface area contributed by atoms with E-state index >= 15 is 0 Å². The third-order valence-electron chi connectivity index (χ3n) is 4.06. The van der Waals surface area contributed by atoms with Crippen molar-refractivity contribution >= 4 is 21.5 Å². The Morgan fingerprint density at radius 3 is 2.40 bits per heavy atom. The maximum Gasteiger partial charge on any atom is 0.276 e. The Hall–Kier alpha value is -1.69. The zero-order valence-electron chi connectivity index (χ0n) is 11.2. The van der Waals surface area contributed by atoms with Crippen molar-refractivity contribution < 1.29 is 13.2 Å². The molecule has 0 aliphatic heterocycles. The predicted molar refractivity (Wildman–Crippen MR) is 74.8 cm³/mol. The average Bonchev–Trinajstić information content (AvgIpc) is 2.98. The van der Waals surface area contributed by atoms with Crippen LogP contribution in [0.25, 0.3) is 0 Å². The Balaban J connectivity index is 1.81. The average molecular weight is 292 g/mol. The molecule has 5 nitrogen and oxygen atoms in total. The number of fused-ring (bicyclic) bond motifs is 2. The molecule has 0 radical (unpaired) electrons. The number of ketones is 1. The smallest absolute Gasteiger partial charge is 0.276 e. The Morgan fingerprint density at radius 1 is 1.15 bits per heavy atom. The fourth-order valence-electron chi connectivity index (χ4n) is 2.90. The first-order valence-electron chi connectivity index (χ1n) is 6.67. The van der Waals surface area contributed by atoms with Crippen LogP contribution < -0.4 is 4.83 Å². The molecule has 0 aromatic heterocycles. The van der Waals surface area contributed by atoms with E-state index < -0.39 is 10.0 Å². The van der Waals surface area contributed by atoms with E-state index in [1.54, 1.807) is 12.1 Å². The van der Waals surface area contributed by atoms with Gasteiger partial charge in [-0.15, -0.1) is 0 Å².